The van der Waals surface area contributed by atoms with E-state index >= 15 is 0 Å². The van der Waals surface area contributed by atoms with Crippen LogP contribution in [0.15, 0.2) is 6.20 Å². The third kappa shape index (κ3) is 3.40. The fourth-order valence-electron chi connectivity index (χ4n) is 2.68. The first-order valence-electron chi connectivity index (χ1n) is 7.23. The lowest BCUT2D eigenvalue weighted by atomic mass is 9.89. The van der Waals surface area contributed by atoms with Gasteiger partial charge in [0.15, 0.2) is 0 Å². The average Bonchev–Trinajstić information content (AvgIpc) is 2.96. The van der Waals surface area contributed by atoms with Gasteiger partial charge in [-0.3, -0.25) is 4.68 Å². The summed E-state index contributed by atoms with van der Waals surface area (Å²) in [6, 6.07) is 0. The van der Waals surface area contributed by atoms with Crippen molar-refractivity contribution in [3.63, 3.8) is 0 Å². The first-order chi connectivity index (χ1) is 9.36. The van der Waals surface area contributed by atoms with E-state index in [0.717, 1.165) is 31.8 Å². The van der Waals surface area contributed by atoms with Crippen LogP contribution in [0.5, 0.6) is 0 Å². The Balaban J connectivity index is 1.97. The third-order valence-corrected chi connectivity index (χ3v) is 3.88. The Morgan fingerprint density at radius 3 is 2.80 bits per heavy atom. The van der Waals surface area contributed by atoms with Gasteiger partial charge >= 0.3 is 0 Å². The van der Waals surface area contributed by atoms with Crippen LogP contribution in [0, 0.1) is 0 Å². The minimum atomic E-state index is -0.163. The number of nitrogens with one attached hydrogen (secondary N) is 1. The zero-order valence-corrected chi connectivity index (χ0v) is 13.3. The van der Waals surface area contributed by atoms with Crippen LogP contribution in [-0.4, -0.2) is 42.2 Å². The molecule has 2 heterocycles. The Morgan fingerprint density at radius 1 is 1.50 bits per heavy atom. The molecule has 1 unspecified atom stereocenters. The standard InChI is InChI=1S/C15H27N3O2/c1-14(2,3)13-12(9-18(4)17-13)8-16-10-15(19-5)6-7-20-11-15/h9,16H,6-8,10-11H2,1-5H3. The van der Waals surface area contributed by atoms with Gasteiger partial charge in [-0.15, -0.1) is 0 Å². The summed E-state index contributed by atoms with van der Waals surface area (Å²) in [5, 5.41) is 8.09. The zero-order valence-electron chi connectivity index (χ0n) is 13.3. The van der Waals surface area contributed by atoms with Crippen molar-refractivity contribution in [3.8, 4) is 0 Å². The number of rotatable bonds is 5. The Labute approximate surface area is 121 Å². The molecule has 20 heavy (non-hydrogen) atoms. The molecule has 2 rings (SSSR count). The van der Waals surface area contributed by atoms with Crippen LogP contribution < -0.4 is 5.32 Å². The normalized spacial score (nSPS) is 23.4. The molecule has 5 nitrogen and oxygen atoms in total. The van der Waals surface area contributed by atoms with Gasteiger partial charge < -0.3 is 14.8 Å². The molecule has 5 heteroatoms. The Morgan fingerprint density at radius 2 is 2.25 bits per heavy atom. The molecule has 1 N–H and O–H groups in total. The van der Waals surface area contributed by atoms with Crippen molar-refractivity contribution in [2.45, 2.75) is 44.8 Å². The van der Waals surface area contributed by atoms with E-state index in [1.807, 2.05) is 11.7 Å². The quantitative estimate of drug-likeness (QED) is 0.891. The molecule has 0 aliphatic carbocycles. The lowest BCUT2D eigenvalue weighted by molar-refractivity contribution is -0.0159. The highest BCUT2D eigenvalue weighted by atomic mass is 16.5. The molecule has 1 aliphatic rings. The number of aromatic nitrogens is 2. The van der Waals surface area contributed by atoms with E-state index in [-0.39, 0.29) is 11.0 Å². The predicted molar refractivity (Wildman–Crippen MR) is 78.8 cm³/mol. The van der Waals surface area contributed by atoms with Crippen LogP contribution >= 0.6 is 0 Å². The summed E-state index contributed by atoms with van der Waals surface area (Å²) in [6.45, 7) is 9.67. The lowest BCUT2D eigenvalue weighted by Crippen LogP contribution is -2.42. The van der Waals surface area contributed by atoms with E-state index in [0.29, 0.717) is 6.61 Å². The van der Waals surface area contributed by atoms with Crippen molar-refractivity contribution >= 4 is 0 Å². The van der Waals surface area contributed by atoms with Gasteiger partial charge in [-0.1, -0.05) is 20.8 Å². The fraction of sp³-hybridized carbons (Fsp3) is 0.800. The van der Waals surface area contributed by atoms with Crippen molar-refractivity contribution in [1.82, 2.24) is 15.1 Å². The third-order valence-electron chi connectivity index (χ3n) is 3.88. The zero-order chi connectivity index (χ0) is 14.8. The fourth-order valence-corrected chi connectivity index (χ4v) is 2.68. The Bertz CT molecular complexity index is 442. The van der Waals surface area contributed by atoms with E-state index in [9.17, 15) is 0 Å². The molecule has 0 aromatic carbocycles. The van der Waals surface area contributed by atoms with Crippen LogP contribution in [0.4, 0.5) is 0 Å². The summed E-state index contributed by atoms with van der Waals surface area (Å²) in [7, 11) is 3.74. The largest absolute Gasteiger partial charge is 0.378 e. The first-order valence-corrected chi connectivity index (χ1v) is 7.23. The minimum absolute atomic E-state index is 0.0632. The molecule has 1 fully saturated rings. The van der Waals surface area contributed by atoms with Gasteiger partial charge in [0.25, 0.3) is 0 Å². The smallest absolute Gasteiger partial charge is 0.106 e. The number of aryl methyl sites for hydroxylation is 1. The molecular formula is C15H27N3O2. The molecule has 0 saturated carbocycles. The van der Waals surface area contributed by atoms with E-state index < -0.39 is 0 Å². The molecule has 0 amide bonds. The lowest BCUT2D eigenvalue weighted by Gasteiger charge is -2.26. The maximum atomic E-state index is 5.63. The molecular weight excluding hydrogens is 254 g/mol. The van der Waals surface area contributed by atoms with Crippen molar-refractivity contribution in [1.29, 1.82) is 0 Å². The van der Waals surface area contributed by atoms with E-state index in [1.165, 1.54) is 5.56 Å². The molecule has 1 aromatic rings. The van der Waals surface area contributed by atoms with Crippen molar-refractivity contribution in [3.05, 3.63) is 17.5 Å². The maximum absolute atomic E-state index is 5.63. The van der Waals surface area contributed by atoms with E-state index in [2.05, 4.69) is 37.4 Å². The Hall–Kier alpha value is -0.910. The topological polar surface area (TPSA) is 48.3 Å². The van der Waals surface area contributed by atoms with Gasteiger partial charge in [0, 0.05) is 57.4 Å². The van der Waals surface area contributed by atoms with Crippen molar-refractivity contribution in [2.75, 3.05) is 26.9 Å². The van der Waals surface area contributed by atoms with Crippen molar-refractivity contribution in [2.24, 2.45) is 7.05 Å². The van der Waals surface area contributed by atoms with Crippen molar-refractivity contribution < 1.29 is 9.47 Å². The highest BCUT2D eigenvalue weighted by molar-refractivity contribution is 5.23. The van der Waals surface area contributed by atoms with Crippen LogP contribution in [0.2, 0.25) is 0 Å². The number of methoxy groups -OCH3 is 1. The van der Waals surface area contributed by atoms with Crippen LogP contribution in [0.25, 0.3) is 0 Å². The van der Waals surface area contributed by atoms with Gasteiger partial charge in [-0.2, -0.15) is 5.10 Å². The summed E-state index contributed by atoms with van der Waals surface area (Å²) in [5.74, 6) is 0. The summed E-state index contributed by atoms with van der Waals surface area (Å²) < 4.78 is 13.0. The summed E-state index contributed by atoms with van der Waals surface area (Å²) in [4.78, 5) is 0. The number of ether oxygens (including phenoxy) is 2. The average molecular weight is 281 g/mol. The van der Waals surface area contributed by atoms with E-state index in [4.69, 9.17) is 9.47 Å². The highest BCUT2D eigenvalue weighted by Gasteiger charge is 2.34. The minimum Gasteiger partial charge on any atom is -0.378 e. The van der Waals surface area contributed by atoms with Crippen LogP contribution in [0.3, 0.4) is 0 Å². The molecule has 1 aromatic heterocycles. The second kappa shape index (κ2) is 5.84. The first kappa shape index (κ1) is 15.5. The second-order valence-corrected chi connectivity index (χ2v) is 6.72. The summed E-state index contributed by atoms with van der Waals surface area (Å²) in [5.41, 5.74) is 2.31. The van der Waals surface area contributed by atoms with Gasteiger partial charge in [0.05, 0.1) is 12.3 Å². The van der Waals surface area contributed by atoms with Crippen LogP contribution in [0.1, 0.15) is 38.4 Å². The highest BCUT2D eigenvalue weighted by Crippen LogP contribution is 2.25. The number of hydrogen-bond acceptors (Lipinski definition) is 4. The molecule has 0 bridgehead atoms. The van der Waals surface area contributed by atoms with E-state index in [1.54, 1.807) is 7.11 Å². The molecule has 114 valence electrons. The molecule has 0 spiro atoms. The van der Waals surface area contributed by atoms with Gasteiger partial charge in [-0.05, 0) is 0 Å². The maximum Gasteiger partial charge on any atom is 0.106 e. The molecule has 1 aliphatic heterocycles. The summed E-state index contributed by atoms with van der Waals surface area (Å²) >= 11 is 0. The molecule has 1 saturated heterocycles. The number of nitrogens with zero attached hydrogens (tertiary/aromatic N) is 2. The van der Waals surface area contributed by atoms with Crippen LogP contribution in [-0.2, 0) is 28.5 Å². The second-order valence-electron chi connectivity index (χ2n) is 6.72. The summed E-state index contributed by atoms with van der Waals surface area (Å²) in [6.07, 6.45) is 3.05. The SMILES string of the molecule is COC1(CNCc2cn(C)nc2C(C)(C)C)CCOC1. The predicted octanol–water partition coefficient (Wildman–Crippen LogP) is 1.61. The molecule has 1 atom stereocenters. The van der Waals surface area contributed by atoms with Gasteiger partial charge in [0.2, 0.25) is 0 Å². The van der Waals surface area contributed by atoms with Gasteiger partial charge in [0.1, 0.15) is 5.60 Å². The Kier molecular flexibility index (Phi) is 4.52. The van der Waals surface area contributed by atoms with Gasteiger partial charge in [-0.25, -0.2) is 0 Å². The monoisotopic (exact) mass is 281 g/mol. The number of hydrogen-bond donors (Lipinski definition) is 1. The molecule has 0 radical (unpaired) electrons.